The number of nitrogens with one attached hydrogen (secondary N) is 1. The van der Waals surface area contributed by atoms with E-state index in [0.717, 1.165) is 25.2 Å². The largest absolute Gasteiger partial charge is 0.381 e. The zero-order valence-corrected chi connectivity index (χ0v) is 10.9. The van der Waals surface area contributed by atoms with Crippen molar-refractivity contribution in [1.29, 1.82) is 0 Å². The van der Waals surface area contributed by atoms with Crippen LogP contribution in [-0.4, -0.2) is 47.5 Å². The molecule has 1 saturated heterocycles. The molecule has 2 heterocycles. The summed E-state index contributed by atoms with van der Waals surface area (Å²) in [5.41, 5.74) is 1.03. The number of hydrogen-bond donors (Lipinski definition) is 1. The average Bonchev–Trinajstić information content (AvgIpc) is 2.97. The molecule has 0 unspecified atom stereocenters. The summed E-state index contributed by atoms with van der Waals surface area (Å²) in [4.78, 5) is 13.5. The SMILES string of the molecule is CN(Cc1cnn(C)c1)C(=O)NC[C@H]1CCOC1. The highest BCUT2D eigenvalue weighted by atomic mass is 16.5. The molecule has 0 saturated carbocycles. The van der Waals surface area contributed by atoms with E-state index < -0.39 is 0 Å². The van der Waals surface area contributed by atoms with E-state index in [9.17, 15) is 4.79 Å². The number of nitrogens with zero attached hydrogens (tertiary/aromatic N) is 3. The maximum atomic E-state index is 11.9. The van der Waals surface area contributed by atoms with Crippen LogP contribution in [0.15, 0.2) is 12.4 Å². The summed E-state index contributed by atoms with van der Waals surface area (Å²) in [6.45, 7) is 2.83. The fourth-order valence-electron chi connectivity index (χ4n) is 2.01. The van der Waals surface area contributed by atoms with Crippen LogP contribution in [0.4, 0.5) is 4.79 Å². The van der Waals surface area contributed by atoms with Crippen molar-refractivity contribution < 1.29 is 9.53 Å². The first-order valence-electron chi connectivity index (χ1n) is 6.19. The van der Waals surface area contributed by atoms with Crippen molar-refractivity contribution in [2.45, 2.75) is 13.0 Å². The Labute approximate surface area is 107 Å². The molecule has 1 aliphatic heterocycles. The molecule has 6 nitrogen and oxygen atoms in total. The second-order valence-electron chi connectivity index (χ2n) is 4.79. The lowest BCUT2D eigenvalue weighted by Crippen LogP contribution is -2.39. The van der Waals surface area contributed by atoms with E-state index in [-0.39, 0.29) is 6.03 Å². The summed E-state index contributed by atoms with van der Waals surface area (Å²) in [5, 5.41) is 7.01. The first kappa shape index (κ1) is 12.9. The van der Waals surface area contributed by atoms with Crippen LogP contribution in [0.1, 0.15) is 12.0 Å². The fraction of sp³-hybridized carbons (Fsp3) is 0.667. The standard InChI is InChI=1S/C12H20N4O2/c1-15(7-11-6-14-16(2)8-11)12(17)13-5-10-3-4-18-9-10/h6,8,10H,3-5,7,9H2,1-2H3,(H,13,17)/t10-/m1/s1. The van der Waals surface area contributed by atoms with Gasteiger partial charge in [0.15, 0.2) is 0 Å². The van der Waals surface area contributed by atoms with Crippen molar-refractivity contribution in [3.8, 4) is 0 Å². The predicted molar refractivity (Wildman–Crippen MR) is 67.0 cm³/mol. The molecule has 1 atom stereocenters. The fourth-order valence-corrected chi connectivity index (χ4v) is 2.01. The van der Waals surface area contributed by atoms with Crippen molar-refractivity contribution in [1.82, 2.24) is 20.0 Å². The maximum absolute atomic E-state index is 11.9. The summed E-state index contributed by atoms with van der Waals surface area (Å²) in [6.07, 6.45) is 4.72. The van der Waals surface area contributed by atoms with E-state index >= 15 is 0 Å². The molecule has 1 fully saturated rings. The first-order chi connectivity index (χ1) is 8.65. The number of amides is 2. The van der Waals surface area contributed by atoms with E-state index in [2.05, 4.69) is 10.4 Å². The molecule has 0 aliphatic carbocycles. The average molecular weight is 252 g/mol. The lowest BCUT2D eigenvalue weighted by Gasteiger charge is -2.18. The molecule has 1 aromatic heterocycles. The molecule has 18 heavy (non-hydrogen) atoms. The van der Waals surface area contributed by atoms with Gasteiger partial charge in [-0.1, -0.05) is 0 Å². The van der Waals surface area contributed by atoms with Crippen molar-refractivity contribution in [2.75, 3.05) is 26.8 Å². The molecule has 0 bridgehead atoms. The van der Waals surface area contributed by atoms with Gasteiger partial charge in [-0.2, -0.15) is 5.10 Å². The van der Waals surface area contributed by atoms with Gasteiger partial charge in [-0.3, -0.25) is 4.68 Å². The summed E-state index contributed by atoms with van der Waals surface area (Å²) < 4.78 is 7.01. The number of aryl methyl sites for hydroxylation is 1. The zero-order valence-electron chi connectivity index (χ0n) is 10.9. The van der Waals surface area contributed by atoms with Crippen LogP contribution in [0.5, 0.6) is 0 Å². The Hall–Kier alpha value is -1.56. The van der Waals surface area contributed by atoms with Crippen LogP contribution < -0.4 is 5.32 Å². The monoisotopic (exact) mass is 252 g/mol. The van der Waals surface area contributed by atoms with Crippen molar-refractivity contribution in [2.24, 2.45) is 13.0 Å². The van der Waals surface area contributed by atoms with E-state index in [0.29, 0.717) is 19.0 Å². The third kappa shape index (κ3) is 3.46. The highest BCUT2D eigenvalue weighted by Crippen LogP contribution is 2.10. The molecule has 1 aliphatic rings. The van der Waals surface area contributed by atoms with Gasteiger partial charge in [0.1, 0.15) is 0 Å². The molecule has 0 spiro atoms. The van der Waals surface area contributed by atoms with Crippen molar-refractivity contribution in [3.05, 3.63) is 18.0 Å². The summed E-state index contributed by atoms with van der Waals surface area (Å²) in [5.74, 6) is 0.459. The summed E-state index contributed by atoms with van der Waals surface area (Å²) in [6, 6.07) is -0.0502. The number of ether oxygens (including phenoxy) is 1. The van der Waals surface area contributed by atoms with Crippen molar-refractivity contribution in [3.63, 3.8) is 0 Å². The number of carbonyl (C=O) groups excluding carboxylic acids is 1. The van der Waals surface area contributed by atoms with Gasteiger partial charge in [0, 0.05) is 44.9 Å². The lowest BCUT2D eigenvalue weighted by atomic mass is 10.1. The van der Waals surface area contributed by atoms with Gasteiger partial charge < -0.3 is 15.0 Å². The topological polar surface area (TPSA) is 59.4 Å². The Morgan fingerprint density at radius 3 is 3.17 bits per heavy atom. The van der Waals surface area contributed by atoms with Crippen LogP contribution in [0.2, 0.25) is 0 Å². The molecule has 2 amide bonds. The quantitative estimate of drug-likeness (QED) is 0.853. The molecule has 0 aromatic carbocycles. The van der Waals surface area contributed by atoms with Gasteiger partial charge in [0.05, 0.1) is 19.3 Å². The molecule has 1 aromatic rings. The molecular formula is C12H20N4O2. The van der Waals surface area contributed by atoms with Crippen LogP contribution in [0, 0.1) is 5.92 Å². The molecular weight excluding hydrogens is 232 g/mol. The van der Waals surface area contributed by atoms with Crippen LogP contribution in [-0.2, 0) is 18.3 Å². The number of aromatic nitrogens is 2. The highest BCUT2D eigenvalue weighted by Gasteiger charge is 2.17. The Bertz CT molecular complexity index is 399. The molecule has 2 rings (SSSR count). The molecule has 0 radical (unpaired) electrons. The second kappa shape index (κ2) is 5.86. The minimum Gasteiger partial charge on any atom is -0.381 e. The van der Waals surface area contributed by atoms with Gasteiger partial charge in [-0.25, -0.2) is 4.79 Å². The van der Waals surface area contributed by atoms with Crippen LogP contribution >= 0.6 is 0 Å². The van der Waals surface area contributed by atoms with Gasteiger partial charge in [-0.05, 0) is 6.42 Å². The van der Waals surface area contributed by atoms with Gasteiger partial charge in [0.25, 0.3) is 0 Å². The predicted octanol–water partition coefficient (Wildman–Crippen LogP) is 0.598. The Morgan fingerprint density at radius 1 is 1.72 bits per heavy atom. The molecule has 1 N–H and O–H groups in total. The Kier molecular flexibility index (Phi) is 4.19. The Balaban J connectivity index is 1.74. The number of urea groups is 1. The third-order valence-corrected chi connectivity index (χ3v) is 3.09. The lowest BCUT2D eigenvalue weighted by molar-refractivity contribution is 0.182. The van der Waals surface area contributed by atoms with Crippen LogP contribution in [0.3, 0.4) is 0 Å². The van der Waals surface area contributed by atoms with Gasteiger partial charge in [0.2, 0.25) is 0 Å². The van der Waals surface area contributed by atoms with Crippen LogP contribution in [0.25, 0.3) is 0 Å². The number of hydrogen-bond acceptors (Lipinski definition) is 3. The van der Waals surface area contributed by atoms with E-state index in [1.165, 1.54) is 0 Å². The van der Waals surface area contributed by atoms with E-state index in [1.54, 1.807) is 22.8 Å². The number of rotatable bonds is 4. The van der Waals surface area contributed by atoms with E-state index in [4.69, 9.17) is 4.74 Å². The van der Waals surface area contributed by atoms with E-state index in [1.807, 2.05) is 13.2 Å². The molecule has 6 heteroatoms. The van der Waals surface area contributed by atoms with Gasteiger partial charge >= 0.3 is 6.03 Å². The minimum absolute atomic E-state index is 0.0502. The summed E-state index contributed by atoms with van der Waals surface area (Å²) >= 11 is 0. The maximum Gasteiger partial charge on any atom is 0.317 e. The smallest absolute Gasteiger partial charge is 0.317 e. The Morgan fingerprint density at radius 2 is 2.56 bits per heavy atom. The van der Waals surface area contributed by atoms with Crippen molar-refractivity contribution >= 4 is 6.03 Å². The first-order valence-corrected chi connectivity index (χ1v) is 6.19. The zero-order chi connectivity index (χ0) is 13.0. The number of carbonyl (C=O) groups is 1. The highest BCUT2D eigenvalue weighted by molar-refractivity contribution is 5.73. The van der Waals surface area contributed by atoms with Gasteiger partial charge in [-0.15, -0.1) is 0 Å². The second-order valence-corrected chi connectivity index (χ2v) is 4.79. The third-order valence-electron chi connectivity index (χ3n) is 3.09. The molecule has 100 valence electrons. The normalized spacial score (nSPS) is 18.9. The minimum atomic E-state index is -0.0502. The summed E-state index contributed by atoms with van der Waals surface area (Å²) in [7, 11) is 3.65.